The summed E-state index contributed by atoms with van der Waals surface area (Å²) >= 11 is 0. The van der Waals surface area contributed by atoms with Gasteiger partial charge in [0.05, 0.1) is 0 Å². The fourth-order valence-corrected chi connectivity index (χ4v) is 4.02. The van der Waals surface area contributed by atoms with E-state index in [1.807, 2.05) is 24.3 Å². The van der Waals surface area contributed by atoms with Crippen LogP contribution in [0.4, 0.5) is 0 Å². The van der Waals surface area contributed by atoms with Crippen LogP contribution in [0.3, 0.4) is 0 Å². The van der Waals surface area contributed by atoms with Crippen LogP contribution in [-0.4, -0.2) is 84.7 Å². The second-order valence-corrected chi connectivity index (χ2v) is 8.13. The van der Waals surface area contributed by atoms with Crippen LogP contribution in [0.2, 0.25) is 0 Å². The summed E-state index contributed by atoms with van der Waals surface area (Å²) < 4.78 is 11.5. The zero-order valence-electron chi connectivity index (χ0n) is 17.8. The Labute approximate surface area is 193 Å². The molecule has 0 aliphatic carbocycles. The van der Waals surface area contributed by atoms with Crippen LogP contribution < -0.4 is 9.47 Å². The summed E-state index contributed by atoms with van der Waals surface area (Å²) in [6.07, 6.45) is 6.48. The lowest BCUT2D eigenvalue weighted by Crippen LogP contribution is -2.38. The quantitative estimate of drug-likeness (QED) is 0.554. The number of nitrogens with zero attached hydrogens (tertiary/aromatic N) is 2. The van der Waals surface area contributed by atoms with E-state index in [1.54, 1.807) is 0 Å². The number of benzene rings is 1. The lowest BCUT2D eigenvalue weighted by Gasteiger charge is -2.28. The maximum atomic E-state index is 10.2. The number of hydrogen-bond acceptors (Lipinski definition) is 6. The van der Waals surface area contributed by atoms with Gasteiger partial charge in [0, 0.05) is 19.2 Å². The summed E-state index contributed by atoms with van der Waals surface area (Å²) in [5.74, 6) is 1.36. The molecule has 1 aromatic rings. The minimum absolute atomic E-state index is 0. The van der Waals surface area contributed by atoms with Crippen molar-refractivity contribution in [2.75, 3.05) is 52.5 Å². The van der Waals surface area contributed by atoms with Gasteiger partial charge in [-0.15, -0.1) is 24.8 Å². The largest absolute Gasteiger partial charge is 0.491 e. The highest BCUT2D eigenvalue weighted by atomic mass is 35.5. The Bertz CT molecular complexity index is 525. The monoisotopic (exact) mass is 464 g/mol. The number of rotatable bonds is 10. The van der Waals surface area contributed by atoms with E-state index in [2.05, 4.69) is 9.80 Å². The highest BCUT2D eigenvalue weighted by Gasteiger charge is 2.16. The van der Waals surface area contributed by atoms with E-state index >= 15 is 0 Å². The van der Waals surface area contributed by atoms with Crippen molar-refractivity contribution >= 4 is 24.8 Å². The number of ether oxygens (including phenoxy) is 2. The summed E-state index contributed by atoms with van der Waals surface area (Å²) in [5.41, 5.74) is 0. The minimum Gasteiger partial charge on any atom is -0.491 e. The van der Waals surface area contributed by atoms with Crippen LogP contribution in [0, 0.1) is 0 Å². The van der Waals surface area contributed by atoms with Gasteiger partial charge in [0.1, 0.15) is 36.9 Å². The molecule has 174 valence electrons. The van der Waals surface area contributed by atoms with Gasteiger partial charge in [0.25, 0.3) is 0 Å². The highest BCUT2D eigenvalue weighted by Crippen LogP contribution is 2.20. The average molecular weight is 465 g/mol. The molecule has 2 atom stereocenters. The molecule has 6 nitrogen and oxygen atoms in total. The number of hydrogen-bond donors (Lipinski definition) is 2. The maximum absolute atomic E-state index is 10.2. The van der Waals surface area contributed by atoms with E-state index in [0.717, 1.165) is 26.2 Å². The molecule has 2 saturated heterocycles. The van der Waals surface area contributed by atoms with E-state index < -0.39 is 12.2 Å². The zero-order valence-corrected chi connectivity index (χ0v) is 19.4. The van der Waals surface area contributed by atoms with Gasteiger partial charge >= 0.3 is 0 Å². The van der Waals surface area contributed by atoms with Gasteiger partial charge in [0.15, 0.2) is 0 Å². The predicted octanol–water partition coefficient (Wildman–Crippen LogP) is 2.98. The number of likely N-dealkylation sites (tertiary alicyclic amines) is 2. The molecule has 2 N–H and O–H groups in total. The van der Waals surface area contributed by atoms with Gasteiger partial charge in [-0.05, 0) is 64.0 Å². The Balaban J connectivity index is 0.00000225. The van der Waals surface area contributed by atoms with Gasteiger partial charge in [-0.25, -0.2) is 0 Å². The first-order valence-electron chi connectivity index (χ1n) is 10.9. The lowest BCUT2D eigenvalue weighted by atomic mass is 10.1. The molecular formula is C22H38Cl2N2O4. The third-order valence-corrected chi connectivity index (χ3v) is 5.53. The third-order valence-electron chi connectivity index (χ3n) is 5.53. The Morgan fingerprint density at radius 3 is 1.50 bits per heavy atom. The smallest absolute Gasteiger partial charge is 0.123 e. The fourth-order valence-electron chi connectivity index (χ4n) is 4.02. The second kappa shape index (κ2) is 15.1. The minimum atomic E-state index is -0.492. The number of β-amino-alcohol motifs (C(OH)–C–C–N with tert-alkyl or cyclic N) is 2. The lowest BCUT2D eigenvalue weighted by molar-refractivity contribution is 0.0594. The van der Waals surface area contributed by atoms with Gasteiger partial charge in [-0.2, -0.15) is 0 Å². The van der Waals surface area contributed by atoms with Crippen molar-refractivity contribution in [3.63, 3.8) is 0 Å². The van der Waals surface area contributed by atoms with Crippen molar-refractivity contribution in [2.45, 2.75) is 50.7 Å². The first-order valence-corrected chi connectivity index (χ1v) is 10.9. The normalized spacial score (nSPS) is 19.8. The average Bonchev–Trinajstić information content (AvgIpc) is 2.73. The Morgan fingerprint density at radius 2 is 1.10 bits per heavy atom. The molecule has 2 aliphatic rings. The zero-order chi connectivity index (χ0) is 19.6. The molecule has 0 amide bonds. The molecule has 2 unspecified atom stereocenters. The molecule has 2 heterocycles. The molecular weight excluding hydrogens is 427 g/mol. The Hall–Kier alpha value is -0.760. The summed E-state index contributed by atoms with van der Waals surface area (Å²) in [6, 6.07) is 7.43. The molecule has 0 saturated carbocycles. The van der Waals surface area contributed by atoms with E-state index in [9.17, 15) is 10.2 Å². The Kier molecular flexibility index (Phi) is 13.7. The maximum Gasteiger partial charge on any atom is 0.123 e. The number of aliphatic hydroxyl groups excluding tert-OH is 2. The first kappa shape index (κ1) is 27.3. The van der Waals surface area contributed by atoms with Crippen molar-refractivity contribution in [1.82, 2.24) is 9.80 Å². The molecule has 0 spiro atoms. The SMILES string of the molecule is Cl.Cl.OC(COc1cccc(OCC(O)CN2CCCCC2)c1)CN1CCCCC1. The van der Waals surface area contributed by atoms with Crippen LogP contribution in [0.5, 0.6) is 11.5 Å². The molecule has 30 heavy (non-hydrogen) atoms. The van der Waals surface area contributed by atoms with Crippen LogP contribution in [-0.2, 0) is 0 Å². The molecule has 0 radical (unpaired) electrons. The first-order chi connectivity index (χ1) is 13.7. The summed E-state index contributed by atoms with van der Waals surface area (Å²) in [6.45, 7) is 6.16. The predicted molar refractivity (Wildman–Crippen MR) is 125 cm³/mol. The molecule has 0 aromatic heterocycles. The van der Waals surface area contributed by atoms with E-state index in [-0.39, 0.29) is 38.0 Å². The summed E-state index contributed by atoms with van der Waals surface area (Å²) in [5, 5.41) is 20.5. The number of aliphatic hydroxyl groups is 2. The van der Waals surface area contributed by atoms with E-state index in [4.69, 9.17) is 9.47 Å². The van der Waals surface area contributed by atoms with Crippen LogP contribution in [0.1, 0.15) is 38.5 Å². The van der Waals surface area contributed by atoms with Crippen molar-refractivity contribution in [3.8, 4) is 11.5 Å². The van der Waals surface area contributed by atoms with Crippen molar-refractivity contribution in [1.29, 1.82) is 0 Å². The second-order valence-electron chi connectivity index (χ2n) is 8.13. The van der Waals surface area contributed by atoms with Gasteiger partial charge < -0.3 is 29.5 Å². The third kappa shape index (κ3) is 10.0. The van der Waals surface area contributed by atoms with Crippen LogP contribution in [0.15, 0.2) is 24.3 Å². The van der Waals surface area contributed by atoms with Crippen molar-refractivity contribution < 1.29 is 19.7 Å². The van der Waals surface area contributed by atoms with E-state index in [0.29, 0.717) is 24.6 Å². The summed E-state index contributed by atoms with van der Waals surface area (Å²) in [7, 11) is 0. The van der Waals surface area contributed by atoms with Crippen LogP contribution in [0.25, 0.3) is 0 Å². The molecule has 1 aromatic carbocycles. The van der Waals surface area contributed by atoms with Gasteiger partial charge in [-0.1, -0.05) is 18.9 Å². The molecule has 2 aliphatic heterocycles. The molecule has 8 heteroatoms. The highest BCUT2D eigenvalue weighted by molar-refractivity contribution is 5.85. The van der Waals surface area contributed by atoms with Crippen LogP contribution >= 0.6 is 24.8 Å². The standard InChI is InChI=1S/C22H36N2O4.2ClH/c25-19(15-23-10-3-1-4-11-23)17-27-21-8-7-9-22(14-21)28-18-20(26)16-24-12-5-2-6-13-24;;/h7-9,14,19-20,25-26H,1-6,10-13,15-18H2;2*1H. The Morgan fingerprint density at radius 1 is 0.700 bits per heavy atom. The molecule has 3 rings (SSSR count). The van der Waals surface area contributed by atoms with Gasteiger partial charge in [-0.3, -0.25) is 0 Å². The van der Waals surface area contributed by atoms with Crippen molar-refractivity contribution in [3.05, 3.63) is 24.3 Å². The van der Waals surface area contributed by atoms with E-state index in [1.165, 1.54) is 38.5 Å². The number of halogens is 2. The van der Waals surface area contributed by atoms with Crippen molar-refractivity contribution in [2.24, 2.45) is 0 Å². The fraction of sp³-hybridized carbons (Fsp3) is 0.727. The topological polar surface area (TPSA) is 65.4 Å². The number of piperidine rings is 2. The molecule has 2 fully saturated rings. The van der Waals surface area contributed by atoms with Gasteiger partial charge in [0.2, 0.25) is 0 Å². The molecule has 0 bridgehead atoms. The summed E-state index contributed by atoms with van der Waals surface area (Å²) in [4.78, 5) is 4.61.